The van der Waals surface area contributed by atoms with Gasteiger partial charge in [0.2, 0.25) is 0 Å². The molecule has 0 bridgehead atoms. The number of carbonyl (C=O) groups is 2. The van der Waals surface area contributed by atoms with E-state index in [0.29, 0.717) is 12.1 Å². The minimum Gasteiger partial charge on any atom is -0.360 e. The van der Waals surface area contributed by atoms with Crippen LogP contribution in [0.4, 0.5) is 0 Å². The van der Waals surface area contributed by atoms with E-state index in [0.717, 1.165) is 22.0 Å². The molecule has 0 unspecified atom stereocenters. The Hall–Kier alpha value is -2.88. The Labute approximate surface area is 128 Å². The Morgan fingerprint density at radius 1 is 1.05 bits per heavy atom. The number of amides is 1. The topological polar surface area (TPSA) is 62.0 Å². The van der Waals surface area contributed by atoms with Crippen LogP contribution < -0.4 is 5.32 Å². The first-order valence-electron chi connectivity index (χ1n) is 7.09. The summed E-state index contributed by atoms with van der Waals surface area (Å²) in [5.41, 5.74) is 3.37. The Bertz CT molecular complexity index is 832. The van der Waals surface area contributed by atoms with E-state index in [1.165, 1.54) is 0 Å². The number of ketones is 1. The Balaban J connectivity index is 1.72. The lowest BCUT2D eigenvalue weighted by Crippen LogP contribution is -2.30. The number of benzene rings is 2. The molecule has 2 aromatic carbocycles. The zero-order chi connectivity index (χ0) is 15.5. The van der Waals surface area contributed by atoms with Crippen LogP contribution in [0.25, 0.3) is 10.9 Å². The largest absolute Gasteiger partial charge is 0.360 e. The summed E-state index contributed by atoms with van der Waals surface area (Å²) >= 11 is 0. The van der Waals surface area contributed by atoms with E-state index in [1.54, 1.807) is 6.20 Å². The van der Waals surface area contributed by atoms with Crippen molar-refractivity contribution in [3.63, 3.8) is 0 Å². The van der Waals surface area contributed by atoms with Gasteiger partial charge in [-0.2, -0.15) is 0 Å². The Kier molecular flexibility index (Phi) is 3.74. The molecular weight excluding hydrogens is 276 g/mol. The van der Waals surface area contributed by atoms with Gasteiger partial charge >= 0.3 is 0 Å². The van der Waals surface area contributed by atoms with Crippen molar-refractivity contribution < 1.29 is 9.59 Å². The van der Waals surface area contributed by atoms with Gasteiger partial charge in [0.05, 0.1) is 5.56 Å². The van der Waals surface area contributed by atoms with Crippen molar-refractivity contribution in [1.29, 1.82) is 0 Å². The second-order valence-electron chi connectivity index (χ2n) is 5.25. The highest BCUT2D eigenvalue weighted by atomic mass is 16.2. The van der Waals surface area contributed by atoms with Gasteiger partial charge in [0, 0.05) is 23.6 Å². The van der Waals surface area contributed by atoms with Crippen molar-refractivity contribution >= 4 is 22.6 Å². The van der Waals surface area contributed by atoms with Crippen LogP contribution in [0.2, 0.25) is 0 Å². The Morgan fingerprint density at radius 2 is 1.77 bits per heavy atom. The van der Waals surface area contributed by atoms with Gasteiger partial charge in [0.1, 0.15) is 0 Å². The third kappa shape index (κ3) is 2.76. The van der Waals surface area contributed by atoms with Crippen molar-refractivity contribution in [2.45, 2.75) is 13.5 Å². The SMILES string of the molecule is Cc1ccc(CNC(=O)C(=O)c2c[nH]c3ccccc23)cc1. The average molecular weight is 292 g/mol. The fourth-order valence-corrected chi connectivity index (χ4v) is 2.35. The molecule has 22 heavy (non-hydrogen) atoms. The van der Waals surface area contributed by atoms with Gasteiger partial charge in [0.15, 0.2) is 0 Å². The molecule has 0 atom stereocenters. The standard InChI is InChI=1S/C18H16N2O2/c1-12-6-8-13(9-7-12)10-20-18(22)17(21)15-11-19-16-5-3-2-4-14(15)16/h2-9,11,19H,10H2,1H3,(H,20,22). The third-order valence-electron chi connectivity index (χ3n) is 3.61. The number of para-hydroxylation sites is 1. The number of hydrogen-bond donors (Lipinski definition) is 2. The first-order valence-corrected chi connectivity index (χ1v) is 7.09. The van der Waals surface area contributed by atoms with Crippen molar-refractivity contribution in [2.75, 3.05) is 0 Å². The van der Waals surface area contributed by atoms with Gasteiger partial charge in [0.25, 0.3) is 11.7 Å². The molecule has 1 heterocycles. The molecule has 0 spiro atoms. The number of Topliss-reactive ketones (excluding diaryl/α,β-unsaturated/α-hetero) is 1. The van der Waals surface area contributed by atoms with Crippen molar-refractivity contribution in [3.8, 4) is 0 Å². The minimum atomic E-state index is -0.592. The van der Waals surface area contributed by atoms with Crippen LogP contribution in [0.1, 0.15) is 21.5 Å². The summed E-state index contributed by atoms with van der Waals surface area (Å²) in [7, 11) is 0. The first kappa shape index (κ1) is 14.1. The van der Waals surface area contributed by atoms with Crippen LogP contribution in [0.5, 0.6) is 0 Å². The summed E-state index contributed by atoms with van der Waals surface area (Å²) in [5, 5.41) is 3.43. The van der Waals surface area contributed by atoms with Crippen LogP contribution in [-0.4, -0.2) is 16.7 Å². The lowest BCUT2D eigenvalue weighted by Gasteiger charge is -2.04. The number of rotatable bonds is 4. The summed E-state index contributed by atoms with van der Waals surface area (Å²) in [4.78, 5) is 27.3. The molecule has 0 radical (unpaired) electrons. The third-order valence-corrected chi connectivity index (χ3v) is 3.61. The molecule has 2 N–H and O–H groups in total. The quantitative estimate of drug-likeness (QED) is 0.573. The zero-order valence-corrected chi connectivity index (χ0v) is 12.2. The summed E-state index contributed by atoms with van der Waals surface area (Å²) in [6.45, 7) is 2.34. The van der Waals surface area contributed by atoms with Crippen molar-refractivity contribution in [2.24, 2.45) is 0 Å². The average Bonchev–Trinajstić information content (AvgIpc) is 2.97. The second-order valence-corrected chi connectivity index (χ2v) is 5.25. The Morgan fingerprint density at radius 3 is 2.55 bits per heavy atom. The van der Waals surface area contributed by atoms with Crippen LogP contribution in [-0.2, 0) is 11.3 Å². The van der Waals surface area contributed by atoms with E-state index < -0.39 is 11.7 Å². The van der Waals surface area contributed by atoms with E-state index in [1.807, 2.05) is 55.5 Å². The van der Waals surface area contributed by atoms with Gasteiger partial charge in [-0.25, -0.2) is 0 Å². The molecular formula is C18H16N2O2. The zero-order valence-electron chi connectivity index (χ0n) is 12.2. The lowest BCUT2D eigenvalue weighted by molar-refractivity contribution is -0.117. The fraction of sp³-hybridized carbons (Fsp3) is 0.111. The number of fused-ring (bicyclic) bond motifs is 1. The van der Waals surface area contributed by atoms with E-state index >= 15 is 0 Å². The highest BCUT2D eigenvalue weighted by Gasteiger charge is 2.19. The van der Waals surface area contributed by atoms with Crippen LogP contribution in [0.3, 0.4) is 0 Å². The molecule has 0 aliphatic heterocycles. The molecule has 3 aromatic rings. The minimum absolute atomic E-state index is 0.340. The smallest absolute Gasteiger partial charge is 0.292 e. The van der Waals surface area contributed by atoms with Crippen LogP contribution in [0.15, 0.2) is 54.7 Å². The molecule has 0 fully saturated rings. The van der Waals surface area contributed by atoms with Crippen LogP contribution in [0, 0.1) is 6.92 Å². The molecule has 0 saturated carbocycles. The highest BCUT2D eigenvalue weighted by Crippen LogP contribution is 2.18. The maximum Gasteiger partial charge on any atom is 0.292 e. The second kappa shape index (κ2) is 5.85. The maximum absolute atomic E-state index is 12.3. The summed E-state index contributed by atoms with van der Waals surface area (Å²) in [6, 6.07) is 15.2. The molecule has 0 aliphatic carbocycles. The van der Waals surface area contributed by atoms with Gasteiger partial charge < -0.3 is 10.3 Å². The predicted molar refractivity (Wildman–Crippen MR) is 85.7 cm³/mol. The van der Waals surface area contributed by atoms with E-state index in [9.17, 15) is 9.59 Å². The molecule has 0 aliphatic rings. The van der Waals surface area contributed by atoms with E-state index in [4.69, 9.17) is 0 Å². The number of carbonyl (C=O) groups excluding carboxylic acids is 2. The molecule has 4 nitrogen and oxygen atoms in total. The first-order chi connectivity index (χ1) is 10.6. The highest BCUT2D eigenvalue weighted by molar-refractivity contribution is 6.44. The van der Waals surface area contributed by atoms with Crippen molar-refractivity contribution in [3.05, 3.63) is 71.4 Å². The molecule has 4 heteroatoms. The lowest BCUT2D eigenvalue weighted by atomic mass is 10.1. The number of aromatic nitrogens is 1. The molecule has 1 amide bonds. The van der Waals surface area contributed by atoms with Gasteiger partial charge in [-0.05, 0) is 18.6 Å². The summed E-state index contributed by atoms with van der Waals surface area (Å²) < 4.78 is 0. The maximum atomic E-state index is 12.3. The van der Waals surface area contributed by atoms with E-state index in [2.05, 4.69) is 10.3 Å². The number of nitrogens with one attached hydrogen (secondary N) is 2. The molecule has 3 rings (SSSR count). The predicted octanol–water partition coefficient (Wildman–Crippen LogP) is 2.98. The normalized spacial score (nSPS) is 10.6. The number of H-pyrrole nitrogens is 1. The number of aromatic amines is 1. The molecule has 0 saturated heterocycles. The summed E-state index contributed by atoms with van der Waals surface area (Å²) in [6.07, 6.45) is 1.58. The van der Waals surface area contributed by atoms with Crippen molar-refractivity contribution in [1.82, 2.24) is 10.3 Å². The fourth-order valence-electron chi connectivity index (χ4n) is 2.35. The molecule has 1 aromatic heterocycles. The number of aryl methyl sites for hydroxylation is 1. The monoisotopic (exact) mass is 292 g/mol. The van der Waals surface area contributed by atoms with Gasteiger partial charge in [-0.15, -0.1) is 0 Å². The van der Waals surface area contributed by atoms with Gasteiger partial charge in [-0.1, -0.05) is 48.0 Å². The summed E-state index contributed by atoms with van der Waals surface area (Å²) in [5.74, 6) is -1.12. The van der Waals surface area contributed by atoms with Crippen LogP contribution >= 0.6 is 0 Å². The molecule has 110 valence electrons. The number of hydrogen-bond acceptors (Lipinski definition) is 2. The van der Waals surface area contributed by atoms with E-state index in [-0.39, 0.29) is 0 Å². The van der Waals surface area contributed by atoms with Gasteiger partial charge in [-0.3, -0.25) is 9.59 Å².